The van der Waals surface area contributed by atoms with Crippen LogP contribution in [-0.4, -0.2) is 87.5 Å². The molecule has 0 aliphatic carbocycles. The van der Waals surface area contributed by atoms with Gasteiger partial charge in [-0.1, -0.05) is 247 Å². The number of aliphatic hydroxyl groups is 5. The number of rotatable bonds is 49. The summed E-state index contributed by atoms with van der Waals surface area (Å²) < 4.78 is 11.3. The lowest BCUT2D eigenvalue weighted by Gasteiger charge is -2.40. The van der Waals surface area contributed by atoms with Gasteiger partial charge in [0.2, 0.25) is 5.91 Å². The lowest BCUT2D eigenvalue weighted by molar-refractivity contribution is -0.302. The predicted molar refractivity (Wildman–Crippen MR) is 295 cm³/mol. The molecule has 1 amide bonds. The number of amides is 1. The summed E-state index contributed by atoms with van der Waals surface area (Å²) in [6, 6.07) is -0.825. The number of ether oxygens (including phenoxy) is 2. The topological polar surface area (TPSA) is 149 Å². The Labute approximate surface area is 429 Å². The maximum Gasteiger partial charge on any atom is 0.220 e. The highest BCUT2D eigenvalue weighted by Gasteiger charge is 2.44. The molecule has 7 atom stereocenters. The molecule has 9 nitrogen and oxygen atoms in total. The second-order valence-corrected chi connectivity index (χ2v) is 20.0. The molecular weight excluding hydrogens is 875 g/mol. The van der Waals surface area contributed by atoms with Gasteiger partial charge in [-0.3, -0.25) is 4.79 Å². The van der Waals surface area contributed by atoms with E-state index in [-0.39, 0.29) is 12.5 Å². The molecule has 1 aliphatic rings. The van der Waals surface area contributed by atoms with Crippen molar-refractivity contribution in [3.8, 4) is 0 Å². The molecule has 0 spiro atoms. The van der Waals surface area contributed by atoms with Gasteiger partial charge in [0, 0.05) is 6.42 Å². The van der Waals surface area contributed by atoms with Crippen LogP contribution in [-0.2, 0) is 14.3 Å². The van der Waals surface area contributed by atoms with Crippen molar-refractivity contribution in [3.05, 3.63) is 72.9 Å². The van der Waals surface area contributed by atoms with Crippen molar-refractivity contribution in [2.45, 2.75) is 294 Å². The van der Waals surface area contributed by atoms with Crippen LogP contribution >= 0.6 is 0 Å². The molecule has 1 heterocycles. The van der Waals surface area contributed by atoms with E-state index in [0.717, 1.165) is 64.2 Å². The van der Waals surface area contributed by atoms with Gasteiger partial charge in [-0.15, -0.1) is 0 Å². The fraction of sp³-hybridized carbons (Fsp3) is 0.787. The predicted octanol–water partition coefficient (Wildman–Crippen LogP) is 14.5. The van der Waals surface area contributed by atoms with Crippen molar-refractivity contribution in [1.29, 1.82) is 0 Å². The third-order valence-corrected chi connectivity index (χ3v) is 13.5. The van der Waals surface area contributed by atoms with Crippen molar-refractivity contribution in [3.63, 3.8) is 0 Å². The Kier molecular flexibility index (Phi) is 47.1. The molecule has 0 radical (unpaired) electrons. The first-order chi connectivity index (χ1) is 34.3. The highest BCUT2D eigenvalue weighted by molar-refractivity contribution is 5.76. The first kappa shape index (κ1) is 65.6. The third kappa shape index (κ3) is 39.2. The Morgan fingerprint density at radius 1 is 0.500 bits per heavy atom. The fourth-order valence-electron chi connectivity index (χ4n) is 8.93. The minimum atomic E-state index is -1.57. The first-order valence-corrected chi connectivity index (χ1v) is 29.2. The number of carbonyl (C=O) groups is 1. The minimum Gasteiger partial charge on any atom is -0.394 e. The van der Waals surface area contributed by atoms with Gasteiger partial charge < -0.3 is 40.3 Å². The van der Waals surface area contributed by atoms with Crippen molar-refractivity contribution < 1.29 is 39.8 Å². The number of hydrogen-bond donors (Lipinski definition) is 6. The molecule has 0 bridgehead atoms. The van der Waals surface area contributed by atoms with Gasteiger partial charge in [0.25, 0.3) is 0 Å². The van der Waals surface area contributed by atoms with Gasteiger partial charge in [-0.2, -0.15) is 0 Å². The second kappa shape index (κ2) is 50.2. The zero-order valence-electron chi connectivity index (χ0n) is 45.0. The number of unbranched alkanes of at least 4 members (excludes halogenated alkanes) is 29. The number of aliphatic hydroxyl groups excluding tert-OH is 5. The summed E-state index contributed by atoms with van der Waals surface area (Å²) in [5.41, 5.74) is 0. The fourth-order valence-corrected chi connectivity index (χ4v) is 8.93. The van der Waals surface area contributed by atoms with Crippen LogP contribution in [0.1, 0.15) is 251 Å². The smallest absolute Gasteiger partial charge is 0.220 e. The summed E-state index contributed by atoms with van der Waals surface area (Å²) in [5.74, 6) is -0.188. The summed E-state index contributed by atoms with van der Waals surface area (Å²) in [6.07, 6.45) is 62.5. The number of hydrogen-bond acceptors (Lipinski definition) is 8. The quantitative estimate of drug-likeness (QED) is 0.0261. The Morgan fingerprint density at radius 2 is 0.900 bits per heavy atom. The van der Waals surface area contributed by atoms with Gasteiger partial charge >= 0.3 is 0 Å². The molecule has 70 heavy (non-hydrogen) atoms. The minimum absolute atomic E-state index is 0.188. The third-order valence-electron chi connectivity index (χ3n) is 13.5. The monoisotopic (exact) mass is 984 g/mol. The molecule has 1 fully saturated rings. The molecular formula is C61H109NO8. The molecule has 1 aliphatic heterocycles. The normalized spacial score (nSPS) is 19.9. The maximum absolute atomic E-state index is 13.1. The zero-order valence-corrected chi connectivity index (χ0v) is 45.0. The van der Waals surface area contributed by atoms with Crippen molar-refractivity contribution in [1.82, 2.24) is 5.32 Å². The molecule has 1 saturated heterocycles. The van der Waals surface area contributed by atoms with Crippen LogP contribution in [0, 0.1) is 0 Å². The molecule has 7 unspecified atom stereocenters. The molecule has 6 N–H and O–H groups in total. The molecule has 9 heteroatoms. The molecule has 0 aromatic heterocycles. The first-order valence-electron chi connectivity index (χ1n) is 29.2. The Balaban J connectivity index is 2.23. The number of carbonyl (C=O) groups excluding carboxylic acids is 1. The Bertz CT molecular complexity index is 1330. The van der Waals surface area contributed by atoms with Gasteiger partial charge in [-0.05, 0) is 70.6 Å². The molecule has 0 saturated carbocycles. The van der Waals surface area contributed by atoms with E-state index in [4.69, 9.17) is 9.47 Å². The van der Waals surface area contributed by atoms with E-state index in [9.17, 15) is 30.3 Å². The molecule has 0 aromatic carbocycles. The summed E-state index contributed by atoms with van der Waals surface area (Å²) >= 11 is 0. The average molecular weight is 985 g/mol. The summed E-state index contributed by atoms with van der Waals surface area (Å²) in [7, 11) is 0. The largest absolute Gasteiger partial charge is 0.394 e. The molecule has 0 aromatic rings. The lowest BCUT2D eigenvalue weighted by atomic mass is 9.99. The van der Waals surface area contributed by atoms with Crippen molar-refractivity contribution >= 4 is 5.91 Å². The van der Waals surface area contributed by atoms with Crippen LogP contribution in [0.25, 0.3) is 0 Å². The number of nitrogens with one attached hydrogen (secondary N) is 1. The average Bonchev–Trinajstić information content (AvgIpc) is 3.36. The van der Waals surface area contributed by atoms with E-state index in [2.05, 4.69) is 79.9 Å². The van der Waals surface area contributed by atoms with E-state index in [1.807, 2.05) is 6.08 Å². The van der Waals surface area contributed by atoms with Gasteiger partial charge in [-0.25, -0.2) is 0 Å². The summed E-state index contributed by atoms with van der Waals surface area (Å²) in [5, 5.41) is 54.5. The molecule has 406 valence electrons. The number of allylic oxidation sites excluding steroid dienone is 11. The van der Waals surface area contributed by atoms with Crippen LogP contribution in [0.15, 0.2) is 72.9 Å². The van der Waals surface area contributed by atoms with Crippen LogP contribution in [0.3, 0.4) is 0 Å². The van der Waals surface area contributed by atoms with Crippen molar-refractivity contribution in [2.75, 3.05) is 13.2 Å². The second-order valence-electron chi connectivity index (χ2n) is 20.0. The maximum atomic E-state index is 13.1. The van der Waals surface area contributed by atoms with Crippen LogP contribution in [0.2, 0.25) is 0 Å². The summed E-state index contributed by atoms with van der Waals surface area (Å²) in [4.78, 5) is 13.1. The van der Waals surface area contributed by atoms with Gasteiger partial charge in [0.05, 0.1) is 25.4 Å². The SMILES string of the molecule is CC/C=C\C/C=C\C/C=C\C/C=C\CCCCCCCCCCCCCCCCC(=O)NC(COC1OC(CO)C(O)C(O)C1O)C(O)/C=C/CC/C=C/CCCCCCCCCCCCCCCC. The lowest BCUT2D eigenvalue weighted by Crippen LogP contribution is -2.60. The van der Waals surface area contributed by atoms with E-state index in [1.54, 1.807) is 6.08 Å². The van der Waals surface area contributed by atoms with E-state index in [1.165, 1.54) is 167 Å². The van der Waals surface area contributed by atoms with E-state index in [0.29, 0.717) is 6.42 Å². The highest BCUT2D eigenvalue weighted by Crippen LogP contribution is 2.23. The summed E-state index contributed by atoms with van der Waals surface area (Å²) in [6.45, 7) is 3.67. The van der Waals surface area contributed by atoms with Crippen LogP contribution in [0.5, 0.6) is 0 Å². The van der Waals surface area contributed by atoms with Crippen molar-refractivity contribution in [2.24, 2.45) is 0 Å². The Hall–Kier alpha value is -2.37. The standard InChI is InChI=1S/C61H109NO8/c1-3-5-7-9-11-13-15-17-19-21-23-25-26-27-28-29-30-31-33-35-37-39-41-43-45-47-49-51-57(65)62-54(53-69-61-60(68)59(67)58(66)56(52-63)70-61)55(64)50-48-46-44-42-40-38-36-34-32-24-22-20-18-16-14-12-10-8-6-4-2/h5,7,11,13,17,19,23,25,40,42,48,50,54-56,58-61,63-64,66-68H,3-4,6,8-10,12,14-16,18,20-22,24,26-39,41,43-47,49,51-53H2,1-2H3,(H,62,65)/b7-5-,13-11-,19-17-,25-23-,42-40+,50-48+. The zero-order chi connectivity index (χ0) is 50.8. The molecule has 1 rings (SSSR count). The van der Waals surface area contributed by atoms with Crippen LogP contribution < -0.4 is 5.32 Å². The van der Waals surface area contributed by atoms with E-state index >= 15 is 0 Å². The van der Waals surface area contributed by atoms with E-state index < -0.39 is 49.5 Å². The van der Waals surface area contributed by atoms with Gasteiger partial charge in [0.1, 0.15) is 24.4 Å². The van der Waals surface area contributed by atoms with Gasteiger partial charge in [0.15, 0.2) is 6.29 Å². The highest BCUT2D eigenvalue weighted by atomic mass is 16.7. The Morgan fingerprint density at radius 3 is 1.37 bits per heavy atom. The van der Waals surface area contributed by atoms with Crippen LogP contribution in [0.4, 0.5) is 0 Å².